The molecule has 0 aliphatic rings. The van der Waals surface area contributed by atoms with Gasteiger partial charge in [0.15, 0.2) is 0 Å². The van der Waals surface area contributed by atoms with E-state index in [1.807, 2.05) is 59.5 Å². The van der Waals surface area contributed by atoms with Crippen LogP contribution in [0, 0.1) is 0 Å². The van der Waals surface area contributed by atoms with Crippen LogP contribution < -0.4 is 4.89 Å². The first kappa shape index (κ1) is 18.7. The Morgan fingerprint density at radius 1 is 0.929 bits per heavy atom. The molecular formula is C21H17ClN2O3S. The summed E-state index contributed by atoms with van der Waals surface area (Å²) in [6, 6.07) is 21.6. The number of hydrogen-bond acceptors (Lipinski definition) is 3. The number of fused-ring (bicyclic) bond motifs is 1. The van der Waals surface area contributed by atoms with E-state index in [9.17, 15) is 8.42 Å². The molecule has 2 N–H and O–H groups in total. The molecule has 0 saturated carbocycles. The molecule has 0 radical (unpaired) electrons. The number of aromatic amines is 1. The molecule has 4 rings (SSSR count). The number of hydrogen-bond donors (Lipinski definition) is 2. The summed E-state index contributed by atoms with van der Waals surface area (Å²) in [7, 11) is -2.54. The van der Waals surface area contributed by atoms with Crippen LogP contribution in [0.15, 0.2) is 77.8 Å². The molecule has 142 valence electrons. The van der Waals surface area contributed by atoms with E-state index in [0.717, 1.165) is 22.3 Å². The summed E-state index contributed by atoms with van der Waals surface area (Å²) in [6.45, 7) is 0. The van der Waals surface area contributed by atoms with Crippen molar-refractivity contribution in [3.63, 3.8) is 0 Å². The van der Waals surface area contributed by atoms with E-state index < -0.39 is 10.0 Å². The predicted molar refractivity (Wildman–Crippen MR) is 112 cm³/mol. The van der Waals surface area contributed by atoms with Crippen LogP contribution in [0.3, 0.4) is 0 Å². The molecule has 0 bridgehead atoms. The second kappa shape index (κ2) is 7.41. The Kier molecular flexibility index (Phi) is 4.95. The summed E-state index contributed by atoms with van der Waals surface area (Å²) >= 11 is 6.47. The van der Waals surface area contributed by atoms with Crippen molar-refractivity contribution in [1.29, 1.82) is 0 Å². The predicted octanol–water partition coefficient (Wildman–Crippen LogP) is 5.00. The number of rotatable bonds is 5. The Bertz CT molecular complexity index is 1230. The molecule has 0 fully saturated rings. The Morgan fingerprint density at radius 3 is 2.25 bits per heavy atom. The molecule has 3 aromatic carbocycles. The number of halogens is 1. The first-order valence-electron chi connectivity index (χ1n) is 8.51. The fourth-order valence-corrected chi connectivity index (χ4v) is 4.44. The lowest BCUT2D eigenvalue weighted by Gasteiger charge is -2.09. The largest absolute Gasteiger partial charge is 0.360 e. The fraction of sp³-hybridized carbons (Fsp3) is 0.0476. The number of benzene rings is 3. The van der Waals surface area contributed by atoms with Crippen LogP contribution in [0.5, 0.6) is 0 Å². The van der Waals surface area contributed by atoms with Gasteiger partial charge in [-0.3, -0.25) is 4.84 Å². The van der Waals surface area contributed by atoms with E-state index in [1.165, 1.54) is 13.3 Å². The molecule has 0 unspecified atom stereocenters. The normalized spacial score (nSPS) is 11.8. The third kappa shape index (κ3) is 3.43. The van der Waals surface area contributed by atoms with Gasteiger partial charge in [0.25, 0.3) is 10.0 Å². The van der Waals surface area contributed by atoms with Crippen LogP contribution in [-0.4, -0.2) is 20.5 Å². The Morgan fingerprint density at radius 2 is 1.57 bits per heavy atom. The minimum Gasteiger partial charge on any atom is -0.360 e. The molecule has 1 heterocycles. The van der Waals surface area contributed by atoms with Crippen molar-refractivity contribution in [2.24, 2.45) is 0 Å². The van der Waals surface area contributed by atoms with Gasteiger partial charge in [-0.15, -0.1) is 0 Å². The van der Waals surface area contributed by atoms with Crippen molar-refractivity contribution in [3.05, 3.63) is 77.9 Å². The van der Waals surface area contributed by atoms with E-state index in [4.69, 9.17) is 11.6 Å². The van der Waals surface area contributed by atoms with Crippen LogP contribution in [-0.2, 0) is 14.9 Å². The molecule has 0 spiro atoms. The van der Waals surface area contributed by atoms with Crippen molar-refractivity contribution < 1.29 is 13.3 Å². The summed E-state index contributed by atoms with van der Waals surface area (Å²) in [5, 5.41) is 1.07. The highest BCUT2D eigenvalue weighted by Crippen LogP contribution is 2.35. The van der Waals surface area contributed by atoms with E-state index in [1.54, 1.807) is 12.1 Å². The van der Waals surface area contributed by atoms with Crippen molar-refractivity contribution in [1.82, 2.24) is 9.87 Å². The quantitative estimate of drug-likeness (QED) is 0.453. The minimum atomic E-state index is -3.79. The lowest BCUT2D eigenvalue weighted by Crippen LogP contribution is -2.21. The second-order valence-electron chi connectivity index (χ2n) is 6.26. The van der Waals surface area contributed by atoms with Crippen LogP contribution in [0.2, 0.25) is 5.02 Å². The first-order chi connectivity index (χ1) is 13.5. The minimum absolute atomic E-state index is 0.100. The molecule has 0 amide bonds. The average Bonchev–Trinajstić information content (AvgIpc) is 3.12. The average molecular weight is 413 g/mol. The molecule has 7 heteroatoms. The van der Waals surface area contributed by atoms with Gasteiger partial charge in [-0.05, 0) is 28.8 Å². The molecular weight excluding hydrogens is 396 g/mol. The van der Waals surface area contributed by atoms with Crippen molar-refractivity contribution in [2.45, 2.75) is 4.90 Å². The van der Waals surface area contributed by atoms with Gasteiger partial charge in [-0.1, -0.05) is 71.1 Å². The molecule has 0 atom stereocenters. The summed E-state index contributed by atoms with van der Waals surface area (Å²) in [6.07, 6.45) is 1.42. The molecule has 28 heavy (non-hydrogen) atoms. The van der Waals surface area contributed by atoms with Gasteiger partial charge < -0.3 is 4.98 Å². The third-order valence-electron chi connectivity index (χ3n) is 4.52. The zero-order valence-corrected chi connectivity index (χ0v) is 16.5. The zero-order chi connectivity index (χ0) is 19.7. The van der Waals surface area contributed by atoms with Gasteiger partial charge in [0.2, 0.25) is 0 Å². The van der Waals surface area contributed by atoms with Gasteiger partial charge in [0, 0.05) is 22.7 Å². The zero-order valence-electron chi connectivity index (χ0n) is 14.9. The maximum atomic E-state index is 12.4. The van der Waals surface area contributed by atoms with E-state index in [0.29, 0.717) is 15.9 Å². The smallest absolute Gasteiger partial charge is 0.264 e. The summed E-state index contributed by atoms with van der Waals surface area (Å²) in [4.78, 5) is 9.67. The van der Waals surface area contributed by atoms with Crippen molar-refractivity contribution >= 4 is 32.5 Å². The lowest BCUT2D eigenvalue weighted by molar-refractivity contribution is 0.153. The van der Waals surface area contributed by atoms with Gasteiger partial charge in [-0.2, -0.15) is 0 Å². The molecule has 1 aromatic heterocycles. The second-order valence-corrected chi connectivity index (χ2v) is 8.29. The van der Waals surface area contributed by atoms with Crippen LogP contribution in [0.1, 0.15) is 0 Å². The third-order valence-corrected chi connectivity index (χ3v) is 6.13. The number of H-pyrrole nitrogens is 1. The monoisotopic (exact) mass is 412 g/mol. The summed E-state index contributed by atoms with van der Waals surface area (Å²) in [5.74, 6) is 0. The standard InChI is InChI=1S/C21H17ClN2O3S/c1-27-24-28(25,26)21-13-23-20-12-19(22)17(11-18(20)21)16-9-7-15(8-10-16)14-5-3-2-4-6-14/h2-13,23-24H,1H3. The maximum Gasteiger partial charge on any atom is 0.264 e. The number of sulfonamides is 1. The van der Waals surface area contributed by atoms with Gasteiger partial charge >= 0.3 is 0 Å². The SMILES string of the molecule is CONS(=O)(=O)c1c[nH]c2cc(Cl)c(-c3ccc(-c4ccccc4)cc3)cc12. The highest BCUT2D eigenvalue weighted by Gasteiger charge is 2.20. The Hall–Kier alpha value is -2.64. The van der Waals surface area contributed by atoms with E-state index >= 15 is 0 Å². The van der Waals surface area contributed by atoms with Crippen molar-refractivity contribution in [2.75, 3.05) is 7.11 Å². The van der Waals surface area contributed by atoms with Gasteiger partial charge in [0.1, 0.15) is 4.90 Å². The summed E-state index contributed by atoms with van der Waals surface area (Å²) in [5.41, 5.74) is 4.50. The Labute approximate surface area is 167 Å². The highest BCUT2D eigenvalue weighted by atomic mass is 35.5. The van der Waals surface area contributed by atoms with Crippen LogP contribution >= 0.6 is 11.6 Å². The van der Waals surface area contributed by atoms with Crippen molar-refractivity contribution in [3.8, 4) is 22.3 Å². The van der Waals surface area contributed by atoms with Gasteiger partial charge in [-0.25, -0.2) is 8.42 Å². The molecule has 5 nitrogen and oxygen atoms in total. The van der Waals surface area contributed by atoms with Gasteiger partial charge in [0.05, 0.1) is 12.1 Å². The topological polar surface area (TPSA) is 71.2 Å². The maximum absolute atomic E-state index is 12.4. The molecule has 0 saturated heterocycles. The summed E-state index contributed by atoms with van der Waals surface area (Å²) < 4.78 is 24.7. The fourth-order valence-electron chi connectivity index (χ4n) is 3.19. The van der Waals surface area contributed by atoms with Crippen LogP contribution in [0.4, 0.5) is 0 Å². The number of nitrogens with one attached hydrogen (secondary N) is 2. The van der Waals surface area contributed by atoms with Crippen LogP contribution in [0.25, 0.3) is 33.2 Å². The molecule has 0 aliphatic carbocycles. The Balaban J connectivity index is 1.79. The number of aromatic nitrogens is 1. The lowest BCUT2D eigenvalue weighted by atomic mass is 9.99. The van der Waals surface area contributed by atoms with E-state index in [2.05, 4.69) is 9.82 Å². The molecule has 0 aliphatic heterocycles. The highest BCUT2D eigenvalue weighted by molar-refractivity contribution is 7.89. The van der Waals surface area contributed by atoms with E-state index in [-0.39, 0.29) is 4.90 Å². The first-order valence-corrected chi connectivity index (χ1v) is 10.4. The molecule has 4 aromatic rings.